The van der Waals surface area contributed by atoms with Crippen LogP contribution in [0.1, 0.15) is 24.3 Å². The van der Waals surface area contributed by atoms with Gasteiger partial charge in [0, 0.05) is 11.8 Å². The van der Waals surface area contributed by atoms with Gasteiger partial charge in [-0.15, -0.1) is 0 Å². The minimum atomic E-state index is -0.708. The summed E-state index contributed by atoms with van der Waals surface area (Å²) in [4.78, 5) is 14.9. The van der Waals surface area contributed by atoms with E-state index in [0.29, 0.717) is 17.7 Å². The molecule has 2 rings (SSSR count). The van der Waals surface area contributed by atoms with E-state index in [9.17, 15) is 4.79 Å². The van der Waals surface area contributed by atoms with Gasteiger partial charge in [0.25, 0.3) is 0 Å². The van der Waals surface area contributed by atoms with Crippen LogP contribution in [-0.2, 0) is 5.54 Å². The highest BCUT2D eigenvalue weighted by Crippen LogP contribution is 2.20. The van der Waals surface area contributed by atoms with Gasteiger partial charge in [0.05, 0.1) is 18.0 Å². The van der Waals surface area contributed by atoms with E-state index in [1.54, 1.807) is 49.1 Å². The van der Waals surface area contributed by atoms with Gasteiger partial charge in [0.1, 0.15) is 11.2 Å². The van der Waals surface area contributed by atoms with Gasteiger partial charge in [-0.05, 0) is 26.0 Å². The van der Waals surface area contributed by atoms with Gasteiger partial charge < -0.3 is 0 Å². The maximum Gasteiger partial charge on any atom is 0.168 e. The largest absolute Gasteiger partial charge is 0.296 e. The van der Waals surface area contributed by atoms with Crippen molar-refractivity contribution in [1.82, 2.24) is 14.8 Å². The molecule has 0 bridgehead atoms. The molecule has 0 aliphatic heterocycles. The minimum absolute atomic E-state index is 0.375. The predicted molar refractivity (Wildman–Crippen MR) is 65.8 cm³/mol. The molecule has 18 heavy (non-hydrogen) atoms. The van der Waals surface area contributed by atoms with E-state index in [1.165, 1.54) is 0 Å². The molecule has 2 aromatic rings. The van der Waals surface area contributed by atoms with Crippen LogP contribution in [0.25, 0.3) is 11.3 Å². The Morgan fingerprint density at radius 2 is 2.22 bits per heavy atom. The lowest BCUT2D eigenvalue weighted by molar-refractivity contribution is 0.111. The SMILES string of the molecule is CC(C)(C#N)n1cc(-c2cccc(C=O)n2)cn1. The summed E-state index contributed by atoms with van der Waals surface area (Å²) in [5.74, 6) is 0. The van der Waals surface area contributed by atoms with Crippen molar-refractivity contribution in [2.45, 2.75) is 19.4 Å². The summed E-state index contributed by atoms with van der Waals surface area (Å²) in [6, 6.07) is 7.37. The van der Waals surface area contributed by atoms with E-state index in [-0.39, 0.29) is 0 Å². The molecule has 90 valence electrons. The number of nitrogens with zero attached hydrogens (tertiary/aromatic N) is 4. The summed E-state index contributed by atoms with van der Waals surface area (Å²) >= 11 is 0. The predicted octanol–water partition coefficient (Wildman–Crippen LogP) is 2.02. The maximum absolute atomic E-state index is 10.7. The summed E-state index contributed by atoms with van der Waals surface area (Å²) in [6.45, 7) is 3.55. The van der Waals surface area contributed by atoms with Crippen molar-refractivity contribution in [1.29, 1.82) is 5.26 Å². The third-order valence-corrected chi connectivity index (χ3v) is 2.62. The van der Waals surface area contributed by atoms with Crippen LogP contribution in [0.5, 0.6) is 0 Å². The molecule has 0 N–H and O–H groups in total. The first kappa shape index (κ1) is 12.0. The fourth-order valence-electron chi connectivity index (χ4n) is 1.49. The summed E-state index contributed by atoms with van der Waals surface area (Å²) in [6.07, 6.45) is 4.09. The Bertz CT molecular complexity index is 622. The van der Waals surface area contributed by atoms with Crippen LogP contribution in [0.2, 0.25) is 0 Å². The summed E-state index contributed by atoms with van der Waals surface area (Å²) in [5, 5.41) is 13.2. The fourth-order valence-corrected chi connectivity index (χ4v) is 1.49. The van der Waals surface area contributed by atoms with Crippen molar-refractivity contribution in [2.24, 2.45) is 0 Å². The Balaban J connectivity index is 2.41. The topological polar surface area (TPSA) is 71.6 Å². The lowest BCUT2D eigenvalue weighted by Gasteiger charge is -2.15. The average Bonchev–Trinajstić information content (AvgIpc) is 2.89. The maximum atomic E-state index is 10.7. The molecule has 5 heteroatoms. The van der Waals surface area contributed by atoms with Crippen LogP contribution in [0.15, 0.2) is 30.6 Å². The molecule has 0 aromatic carbocycles. The zero-order valence-corrected chi connectivity index (χ0v) is 10.2. The Morgan fingerprint density at radius 1 is 1.44 bits per heavy atom. The molecule has 2 heterocycles. The number of pyridine rings is 1. The second-order valence-electron chi connectivity index (χ2n) is 4.41. The van der Waals surface area contributed by atoms with E-state index in [1.807, 2.05) is 0 Å². The number of aldehydes is 1. The molecule has 0 unspecified atom stereocenters. The molecule has 0 aliphatic rings. The summed E-state index contributed by atoms with van der Waals surface area (Å²) < 4.78 is 1.58. The third-order valence-electron chi connectivity index (χ3n) is 2.62. The molecule has 0 saturated carbocycles. The van der Waals surface area contributed by atoms with Crippen molar-refractivity contribution in [3.8, 4) is 17.3 Å². The van der Waals surface area contributed by atoms with Crippen LogP contribution >= 0.6 is 0 Å². The van der Waals surface area contributed by atoms with Crippen molar-refractivity contribution in [2.75, 3.05) is 0 Å². The van der Waals surface area contributed by atoms with Gasteiger partial charge >= 0.3 is 0 Å². The molecule has 0 spiro atoms. The van der Waals surface area contributed by atoms with Crippen LogP contribution in [-0.4, -0.2) is 21.1 Å². The zero-order valence-electron chi connectivity index (χ0n) is 10.2. The van der Waals surface area contributed by atoms with Crippen LogP contribution in [0.3, 0.4) is 0 Å². The summed E-state index contributed by atoms with van der Waals surface area (Å²) in [7, 11) is 0. The number of carbonyl (C=O) groups is 1. The van der Waals surface area contributed by atoms with Crippen LogP contribution in [0, 0.1) is 11.3 Å². The highest BCUT2D eigenvalue weighted by molar-refractivity contribution is 5.73. The van der Waals surface area contributed by atoms with Gasteiger partial charge in [0.15, 0.2) is 6.29 Å². The van der Waals surface area contributed by atoms with Gasteiger partial charge in [0.2, 0.25) is 0 Å². The molecular formula is C13H12N4O. The van der Waals surface area contributed by atoms with Crippen molar-refractivity contribution in [3.05, 3.63) is 36.3 Å². The fraction of sp³-hybridized carbons (Fsp3) is 0.231. The molecule has 0 atom stereocenters. The Morgan fingerprint density at radius 3 is 2.89 bits per heavy atom. The molecule has 5 nitrogen and oxygen atoms in total. The second kappa shape index (κ2) is 4.41. The van der Waals surface area contributed by atoms with E-state index in [2.05, 4.69) is 16.2 Å². The van der Waals surface area contributed by atoms with E-state index >= 15 is 0 Å². The quantitative estimate of drug-likeness (QED) is 0.769. The van der Waals surface area contributed by atoms with Crippen LogP contribution < -0.4 is 0 Å². The van der Waals surface area contributed by atoms with Crippen LogP contribution in [0.4, 0.5) is 0 Å². The first-order valence-electron chi connectivity index (χ1n) is 5.46. The number of rotatable bonds is 3. The van der Waals surface area contributed by atoms with Gasteiger partial charge in [-0.2, -0.15) is 10.4 Å². The number of nitriles is 1. The zero-order chi connectivity index (χ0) is 13.2. The number of carbonyl (C=O) groups excluding carboxylic acids is 1. The van der Waals surface area contributed by atoms with Gasteiger partial charge in [-0.3, -0.25) is 9.48 Å². The second-order valence-corrected chi connectivity index (χ2v) is 4.41. The monoisotopic (exact) mass is 240 g/mol. The van der Waals surface area contributed by atoms with E-state index in [4.69, 9.17) is 5.26 Å². The Kier molecular flexibility index (Phi) is 2.94. The standard InChI is InChI=1S/C13H12N4O/c1-13(2,9-14)17-7-10(6-15-17)12-5-3-4-11(8-18)16-12/h3-8H,1-2H3. The number of hydrogen-bond donors (Lipinski definition) is 0. The summed E-state index contributed by atoms with van der Waals surface area (Å²) in [5.41, 5.74) is 1.11. The van der Waals surface area contributed by atoms with Crippen molar-refractivity contribution < 1.29 is 4.79 Å². The molecule has 0 amide bonds. The lowest BCUT2D eigenvalue weighted by atomic mass is 10.1. The number of hydrogen-bond acceptors (Lipinski definition) is 4. The highest BCUT2D eigenvalue weighted by Gasteiger charge is 2.20. The first-order valence-corrected chi connectivity index (χ1v) is 5.46. The Hall–Kier alpha value is -2.48. The van der Waals surface area contributed by atoms with Gasteiger partial charge in [-0.1, -0.05) is 6.07 Å². The highest BCUT2D eigenvalue weighted by atomic mass is 16.1. The van der Waals surface area contributed by atoms with Crippen molar-refractivity contribution >= 4 is 6.29 Å². The number of aromatic nitrogens is 3. The lowest BCUT2D eigenvalue weighted by Crippen LogP contribution is -2.24. The molecule has 0 saturated heterocycles. The first-order chi connectivity index (χ1) is 8.56. The van der Waals surface area contributed by atoms with Crippen molar-refractivity contribution in [3.63, 3.8) is 0 Å². The van der Waals surface area contributed by atoms with E-state index in [0.717, 1.165) is 5.56 Å². The van der Waals surface area contributed by atoms with E-state index < -0.39 is 5.54 Å². The minimum Gasteiger partial charge on any atom is -0.296 e. The molecule has 0 fully saturated rings. The molecule has 0 aliphatic carbocycles. The Labute approximate surface area is 105 Å². The molecular weight excluding hydrogens is 228 g/mol. The average molecular weight is 240 g/mol. The van der Waals surface area contributed by atoms with Gasteiger partial charge in [-0.25, -0.2) is 4.98 Å². The molecule has 0 radical (unpaired) electrons. The third kappa shape index (κ3) is 2.13. The smallest absolute Gasteiger partial charge is 0.168 e. The molecule has 2 aromatic heterocycles. The normalized spacial score (nSPS) is 10.9.